The molecule has 4 heterocycles. The van der Waals surface area contributed by atoms with E-state index in [9.17, 15) is 18.7 Å². The molecule has 1 N–H and O–H groups in total. The number of aliphatic hydroxyl groups is 1. The minimum absolute atomic E-state index is 0.119. The van der Waals surface area contributed by atoms with Crippen LogP contribution in [-0.4, -0.2) is 41.7 Å². The highest BCUT2D eigenvalue weighted by molar-refractivity contribution is 7.16. The van der Waals surface area contributed by atoms with Crippen LogP contribution in [0.1, 0.15) is 27.7 Å². The molecule has 0 saturated carbocycles. The maximum Gasteiger partial charge on any atom is 0.255 e. The van der Waals surface area contributed by atoms with E-state index in [-0.39, 0.29) is 24.6 Å². The van der Waals surface area contributed by atoms with E-state index >= 15 is 0 Å². The highest BCUT2D eigenvalue weighted by Gasteiger charge is 2.46. The van der Waals surface area contributed by atoms with Crippen LogP contribution in [0.5, 0.6) is 0 Å². The van der Waals surface area contributed by atoms with Crippen LogP contribution in [0.3, 0.4) is 0 Å². The van der Waals surface area contributed by atoms with Crippen LogP contribution in [0, 0.1) is 11.6 Å². The van der Waals surface area contributed by atoms with Crippen LogP contribution in [-0.2, 0) is 18.7 Å². The Kier molecular flexibility index (Phi) is 5.26. The Hall–Kier alpha value is -3.50. The smallest absolute Gasteiger partial charge is 0.255 e. The van der Waals surface area contributed by atoms with Gasteiger partial charge in [-0.15, -0.1) is 11.3 Å². The van der Waals surface area contributed by atoms with Gasteiger partial charge in [0, 0.05) is 39.3 Å². The molecular weight excluding hydrogens is 448 g/mol. The zero-order valence-electron chi connectivity index (χ0n) is 17.5. The van der Waals surface area contributed by atoms with Crippen molar-refractivity contribution in [1.29, 1.82) is 0 Å². The first-order valence-electron chi connectivity index (χ1n) is 10.2. The first kappa shape index (κ1) is 21.4. The molecule has 0 aliphatic carbocycles. The minimum Gasteiger partial charge on any atom is -0.381 e. The molecule has 33 heavy (non-hydrogen) atoms. The maximum atomic E-state index is 14.8. The third-order valence-corrected chi connectivity index (χ3v) is 7.15. The summed E-state index contributed by atoms with van der Waals surface area (Å²) in [6, 6.07) is 7.73. The molecule has 0 radical (unpaired) electrons. The van der Waals surface area contributed by atoms with Gasteiger partial charge in [-0.3, -0.25) is 9.78 Å². The Morgan fingerprint density at radius 2 is 2.09 bits per heavy atom. The SMILES string of the molecule is C[C@@H](N1Cc2sc(-c3cccnc3)cc2C1=O)[C@](O)(Cn1cncn1)c1ccc(F)cc1F. The standard InChI is InChI=1S/C23H19F2N5O2S/c1-14(23(32,11-29-13-27-12-28-29)18-5-4-16(24)7-19(18)25)30-10-21-17(22(30)31)8-20(33-21)15-3-2-6-26-9-15/h2-9,12-14,32H,10-11H2,1H3/t14-,23-/m1/s1. The normalized spacial score (nSPS) is 16.0. The van der Waals surface area contributed by atoms with E-state index in [2.05, 4.69) is 15.1 Å². The summed E-state index contributed by atoms with van der Waals surface area (Å²) in [5.74, 6) is -1.91. The average Bonchev–Trinajstić information content (AvgIpc) is 3.52. The Bertz CT molecular complexity index is 1310. The van der Waals surface area contributed by atoms with Crippen molar-refractivity contribution in [2.75, 3.05) is 0 Å². The highest BCUT2D eigenvalue weighted by atomic mass is 32.1. The fourth-order valence-electron chi connectivity index (χ4n) is 4.17. The van der Waals surface area contributed by atoms with E-state index in [1.165, 1.54) is 39.6 Å². The Morgan fingerprint density at radius 1 is 1.24 bits per heavy atom. The van der Waals surface area contributed by atoms with Crippen molar-refractivity contribution in [3.63, 3.8) is 0 Å². The molecule has 168 valence electrons. The van der Waals surface area contributed by atoms with E-state index < -0.39 is 23.3 Å². The number of pyridine rings is 1. The number of halogens is 2. The van der Waals surface area contributed by atoms with Gasteiger partial charge in [-0.2, -0.15) is 5.10 Å². The number of nitrogens with zero attached hydrogens (tertiary/aromatic N) is 5. The van der Waals surface area contributed by atoms with Crippen LogP contribution in [0.2, 0.25) is 0 Å². The number of hydrogen-bond acceptors (Lipinski definition) is 6. The second-order valence-corrected chi connectivity index (χ2v) is 9.08. The van der Waals surface area contributed by atoms with Crippen LogP contribution in [0.25, 0.3) is 10.4 Å². The number of rotatable bonds is 6. The summed E-state index contributed by atoms with van der Waals surface area (Å²) in [7, 11) is 0. The van der Waals surface area contributed by atoms with Crippen LogP contribution < -0.4 is 0 Å². The molecule has 1 aliphatic rings. The molecule has 0 fully saturated rings. The molecule has 4 aromatic rings. The van der Waals surface area contributed by atoms with Crippen LogP contribution >= 0.6 is 11.3 Å². The lowest BCUT2D eigenvalue weighted by atomic mass is 9.85. The quantitative estimate of drug-likeness (QED) is 0.468. The summed E-state index contributed by atoms with van der Waals surface area (Å²) in [6.07, 6.45) is 6.11. The molecule has 0 saturated heterocycles. The predicted octanol–water partition coefficient (Wildman–Crippen LogP) is 3.61. The van der Waals surface area contributed by atoms with Crippen molar-refractivity contribution >= 4 is 17.2 Å². The Morgan fingerprint density at radius 3 is 2.76 bits per heavy atom. The Balaban J connectivity index is 1.49. The summed E-state index contributed by atoms with van der Waals surface area (Å²) in [4.78, 5) is 24.6. The largest absolute Gasteiger partial charge is 0.381 e. The molecule has 7 nitrogen and oxygen atoms in total. The van der Waals surface area contributed by atoms with E-state index in [0.29, 0.717) is 5.56 Å². The minimum atomic E-state index is -1.89. The molecule has 10 heteroatoms. The first-order chi connectivity index (χ1) is 15.9. The van der Waals surface area contributed by atoms with Gasteiger partial charge in [0.05, 0.1) is 24.7 Å². The van der Waals surface area contributed by atoms with Gasteiger partial charge in [-0.1, -0.05) is 12.1 Å². The number of amides is 1. The third kappa shape index (κ3) is 3.70. The predicted molar refractivity (Wildman–Crippen MR) is 117 cm³/mol. The lowest BCUT2D eigenvalue weighted by Gasteiger charge is -2.39. The summed E-state index contributed by atoms with van der Waals surface area (Å²) in [5.41, 5.74) is -0.540. The number of fused-ring (bicyclic) bond motifs is 1. The van der Waals surface area contributed by atoms with Gasteiger partial charge in [-0.25, -0.2) is 18.4 Å². The topological polar surface area (TPSA) is 84.1 Å². The van der Waals surface area contributed by atoms with Gasteiger partial charge in [0.15, 0.2) is 0 Å². The van der Waals surface area contributed by atoms with Crippen molar-refractivity contribution in [1.82, 2.24) is 24.6 Å². The average molecular weight is 468 g/mol. The first-order valence-corrected chi connectivity index (χ1v) is 11.0. The molecule has 0 spiro atoms. The highest BCUT2D eigenvalue weighted by Crippen LogP contribution is 2.41. The second kappa shape index (κ2) is 8.13. The van der Waals surface area contributed by atoms with Crippen LogP contribution in [0.4, 0.5) is 8.78 Å². The number of carbonyl (C=O) groups excluding carboxylic acids is 1. The van der Waals surface area contributed by atoms with E-state index in [1.54, 1.807) is 19.3 Å². The van der Waals surface area contributed by atoms with E-state index in [4.69, 9.17) is 0 Å². The summed E-state index contributed by atoms with van der Waals surface area (Å²) in [5, 5.41) is 15.8. The lowest BCUT2D eigenvalue weighted by Crippen LogP contribution is -2.52. The van der Waals surface area contributed by atoms with Crippen molar-refractivity contribution in [3.05, 3.63) is 89.1 Å². The molecular formula is C23H19F2N5O2S. The summed E-state index contributed by atoms with van der Waals surface area (Å²) in [6.45, 7) is 1.74. The molecule has 3 aromatic heterocycles. The molecule has 1 amide bonds. The van der Waals surface area contributed by atoms with E-state index in [1.807, 2.05) is 18.2 Å². The van der Waals surface area contributed by atoms with Crippen molar-refractivity contribution in [2.45, 2.75) is 31.7 Å². The second-order valence-electron chi connectivity index (χ2n) is 7.94. The van der Waals surface area contributed by atoms with Crippen molar-refractivity contribution in [3.8, 4) is 10.4 Å². The number of aromatic nitrogens is 4. The number of hydrogen-bond donors (Lipinski definition) is 1. The zero-order valence-corrected chi connectivity index (χ0v) is 18.3. The van der Waals surface area contributed by atoms with E-state index in [0.717, 1.165) is 27.5 Å². The number of thiophene rings is 1. The lowest BCUT2D eigenvalue weighted by molar-refractivity contribution is -0.0555. The van der Waals surface area contributed by atoms with Crippen molar-refractivity contribution < 1.29 is 18.7 Å². The van der Waals surface area contributed by atoms with Gasteiger partial charge >= 0.3 is 0 Å². The van der Waals surface area contributed by atoms with Gasteiger partial charge in [0.2, 0.25) is 0 Å². The molecule has 1 aliphatic heterocycles. The number of benzene rings is 1. The molecule has 0 unspecified atom stereocenters. The monoisotopic (exact) mass is 467 g/mol. The number of carbonyl (C=O) groups is 1. The fraction of sp³-hybridized carbons (Fsp3) is 0.217. The molecule has 0 bridgehead atoms. The summed E-state index contributed by atoms with van der Waals surface area (Å²) < 4.78 is 29.7. The molecule has 2 atom stereocenters. The van der Waals surface area contributed by atoms with Gasteiger partial charge in [0.25, 0.3) is 5.91 Å². The maximum absolute atomic E-state index is 14.8. The van der Waals surface area contributed by atoms with Gasteiger partial charge in [-0.05, 0) is 25.1 Å². The van der Waals surface area contributed by atoms with Gasteiger partial charge in [0.1, 0.15) is 29.9 Å². The van der Waals surface area contributed by atoms with Gasteiger partial charge < -0.3 is 10.0 Å². The fourth-order valence-corrected chi connectivity index (χ4v) is 5.31. The third-order valence-electron chi connectivity index (χ3n) is 5.99. The Labute approximate surface area is 192 Å². The summed E-state index contributed by atoms with van der Waals surface area (Å²) >= 11 is 1.48. The van der Waals surface area contributed by atoms with Crippen LogP contribution in [0.15, 0.2) is 61.4 Å². The molecule has 1 aromatic carbocycles. The zero-order chi connectivity index (χ0) is 23.2. The molecule has 5 rings (SSSR count). The van der Waals surface area contributed by atoms with Crippen molar-refractivity contribution in [2.24, 2.45) is 0 Å².